The standard InChI is InChI=1S/C10H12ClF/c1-3-7-5-6-9(12)10(11)8(7)4-2/h5-6H,3-4H2,1-2H3. The highest BCUT2D eigenvalue weighted by Crippen LogP contribution is 2.24. The van der Waals surface area contributed by atoms with Gasteiger partial charge in [-0.3, -0.25) is 0 Å². The molecule has 0 aliphatic heterocycles. The summed E-state index contributed by atoms with van der Waals surface area (Å²) in [6.07, 6.45) is 1.70. The average Bonchev–Trinajstić information content (AvgIpc) is 2.09. The predicted octanol–water partition coefficient (Wildman–Crippen LogP) is 3.60. The SMILES string of the molecule is CCc1ccc(F)c(Cl)c1CC. The van der Waals surface area contributed by atoms with Gasteiger partial charge < -0.3 is 0 Å². The number of hydrogen-bond donors (Lipinski definition) is 0. The summed E-state index contributed by atoms with van der Waals surface area (Å²) < 4.78 is 13.0. The van der Waals surface area contributed by atoms with Crippen molar-refractivity contribution in [1.82, 2.24) is 0 Å². The van der Waals surface area contributed by atoms with Crippen LogP contribution in [-0.2, 0) is 12.8 Å². The lowest BCUT2D eigenvalue weighted by Crippen LogP contribution is -1.94. The minimum absolute atomic E-state index is 0.289. The molecule has 0 aliphatic carbocycles. The van der Waals surface area contributed by atoms with Crippen molar-refractivity contribution in [2.75, 3.05) is 0 Å². The van der Waals surface area contributed by atoms with Crippen molar-refractivity contribution < 1.29 is 4.39 Å². The molecule has 0 amide bonds. The van der Waals surface area contributed by atoms with Crippen LogP contribution >= 0.6 is 11.6 Å². The van der Waals surface area contributed by atoms with Crippen LogP contribution in [0.1, 0.15) is 25.0 Å². The average molecular weight is 187 g/mol. The fourth-order valence-electron chi connectivity index (χ4n) is 1.35. The molecule has 0 aliphatic rings. The first-order valence-electron chi connectivity index (χ1n) is 4.16. The molecule has 0 radical (unpaired) electrons. The maximum Gasteiger partial charge on any atom is 0.142 e. The van der Waals surface area contributed by atoms with Crippen LogP contribution in [0.2, 0.25) is 5.02 Å². The van der Waals surface area contributed by atoms with Gasteiger partial charge in [0.1, 0.15) is 5.82 Å². The Morgan fingerprint density at radius 1 is 1.25 bits per heavy atom. The zero-order valence-electron chi connectivity index (χ0n) is 7.32. The Balaban J connectivity index is 3.25. The van der Waals surface area contributed by atoms with Crippen LogP contribution in [0.4, 0.5) is 4.39 Å². The van der Waals surface area contributed by atoms with Crippen molar-refractivity contribution in [3.63, 3.8) is 0 Å². The summed E-state index contributed by atoms with van der Waals surface area (Å²) in [6.45, 7) is 4.03. The minimum atomic E-state index is -0.314. The van der Waals surface area contributed by atoms with Crippen LogP contribution < -0.4 is 0 Å². The molecule has 0 nitrogen and oxygen atoms in total. The lowest BCUT2D eigenvalue weighted by atomic mass is 10.0. The van der Waals surface area contributed by atoms with Crippen LogP contribution in [0.15, 0.2) is 12.1 Å². The first kappa shape index (κ1) is 9.53. The van der Waals surface area contributed by atoms with Crippen molar-refractivity contribution in [2.24, 2.45) is 0 Å². The van der Waals surface area contributed by atoms with Crippen molar-refractivity contribution in [3.05, 3.63) is 34.1 Å². The molecule has 1 aromatic carbocycles. The zero-order chi connectivity index (χ0) is 9.14. The van der Waals surface area contributed by atoms with Gasteiger partial charge in [0.15, 0.2) is 0 Å². The van der Waals surface area contributed by atoms with Gasteiger partial charge in [0, 0.05) is 0 Å². The van der Waals surface area contributed by atoms with E-state index in [0.29, 0.717) is 0 Å². The molecule has 66 valence electrons. The highest BCUT2D eigenvalue weighted by molar-refractivity contribution is 6.31. The van der Waals surface area contributed by atoms with Crippen molar-refractivity contribution in [3.8, 4) is 0 Å². The molecule has 12 heavy (non-hydrogen) atoms. The second-order valence-electron chi connectivity index (χ2n) is 2.71. The highest BCUT2D eigenvalue weighted by atomic mass is 35.5. The maximum atomic E-state index is 13.0. The first-order valence-corrected chi connectivity index (χ1v) is 4.54. The van der Waals surface area contributed by atoms with Gasteiger partial charge in [0.05, 0.1) is 5.02 Å². The fraction of sp³-hybridized carbons (Fsp3) is 0.400. The number of benzene rings is 1. The van der Waals surface area contributed by atoms with Crippen molar-refractivity contribution in [2.45, 2.75) is 26.7 Å². The molecule has 0 unspecified atom stereocenters. The Morgan fingerprint density at radius 3 is 2.42 bits per heavy atom. The van der Waals surface area contributed by atoms with Crippen LogP contribution in [0.5, 0.6) is 0 Å². The van der Waals surface area contributed by atoms with Gasteiger partial charge in [-0.05, 0) is 30.0 Å². The van der Waals surface area contributed by atoms with Gasteiger partial charge in [0.25, 0.3) is 0 Å². The Hall–Kier alpha value is -0.560. The molecular formula is C10H12ClF. The molecule has 0 saturated heterocycles. The summed E-state index contributed by atoms with van der Waals surface area (Å²) in [7, 11) is 0. The number of aryl methyl sites for hydroxylation is 1. The monoisotopic (exact) mass is 186 g/mol. The zero-order valence-corrected chi connectivity index (χ0v) is 8.08. The van der Waals surface area contributed by atoms with E-state index in [4.69, 9.17) is 11.6 Å². The summed E-state index contributed by atoms with van der Waals surface area (Å²) >= 11 is 5.80. The molecule has 0 saturated carbocycles. The van der Waals surface area contributed by atoms with Gasteiger partial charge >= 0.3 is 0 Å². The number of halogens is 2. The third-order valence-electron chi connectivity index (χ3n) is 2.03. The van der Waals surface area contributed by atoms with E-state index in [-0.39, 0.29) is 10.8 Å². The van der Waals surface area contributed by atoms with E-state index in [9.17, 15) is 4.39 Å². The number of hydrogen-bond acceptors (Lipinski definition) is 0. The van der Waals surface area contributed by atoms with Crippen LogP contribution in [0.3, 0.4) is 0 Å². The van der Waals surface area contributed by atoms with E-state index < -0.39 is 0 Å². The first-order chi connectivity index (χ1) is 5.70. The summed E-state index contributed by atoms with van der Waals surface area (Å²) in [5.41, 5.74) is 2.09. The van der Waals surface area contributed by atoms with Crippen LogP contribution in [-0.4, -0.2) is 0 Å². The second kappa shape index (κ2) is 3.90. The summed E-state index contributed by atoms with van der Waals surface area (Å²) in [5.74, 6) is -0.314. The van der Waals surface area contributed by atoms with Gasteiger partial charge in [-0.2, -0.15) is 0 Å². The molecule has 0 bridgehead atoms. The lowest BCUT2D eigenvalue weighted by molar-refractivity contribution is 0.625. The summed E-state index contributed by atoms with van der Waals surface area (Å²) in [6, 6.07) is 3.24. The molecule has 0 N–H and O–H groups in total. The molecule has 2 heteroatoms. The summed E-state index contributed by atoms with van der Waals surface area (Å²) in [5, 5.41) is 0.289. The van der Waals surface area contributed by atoms with Gasteiger partial charge in [-0.15, -0.1) is 0 Å². The van der Waals surface area contributed by atoms with Gasteiger partial charge in [-0.25, -0.2) is 4.39 Å². The number of rotatable bonds is 2. The maximum absolute atomic E-state index is 13.0. The fourth-order valence-corrected chi connectivity index (χ4v) is 1.66. The molecule has 0 spiro atoms. The van der Waals surface area contributed by atoms with E-state index in [2.05, 4.69) is 0 Å². The van der Waals surface area contributed by atoms with E-state index in [1.807, 2.05) is 13.8 Å². The summed E-state index contributed by atoms with van der Waals surface area (Å²) in [4.78, 5) is 0. The topological polar surface area (TPSA) is 0 Å². The third kappa shape index (κ3) is 1.61. The van der Waals surface area contributed by atoms with E-state index in [0.717, 1.165) is 24.0 Å². The van der Waals surface area contributed by atoms with Crippen molar-refractivity contribution in [1.29, 1.82) is 0 Å². The molecule has 1 rings (SSSR count). The second-order valence-corrected chi connectivity index (χ2v) is 3.08. The Kier molecular flexibility index (Phi) is 3.10. The van der Waals surface area contributed by atoms with Crippen molar-refractivity contribution >= 4 is 11.6 Å². The normalized spacial score (nSPS) is 10.3. The van der Waals surface area contributed by atoms with Gasteiger partial charge in [0.2, 0.25) is 0 Å². The molecule has 0 fully saturated rings. The van der Waals surface area contributed by atoms with Gasteiger partial charge in [-0.1, -0.05) is 31.5 Å². The quantitative estimate of drug-likeness (QED) is 0.662. The lowest BCUT2D eigenvalue weighted by Gasteiger charge is -2.07. The molecular weight excluding hydrogens is 175 g/mol. The van der Waals surface area contributed by atoms with Crippen LogP contribution in [0, 0.1) is 5.82 Å². The molecule has 0 heterocycles. The molecule has 1 aromatic rings. The van der Waals surface area contributed by atoms with E-state index in [1.165, 1.54) is 6.07 Å². The Morgan fingerprint density at radius 2 is 1.92 bits per heavy atom. The largest absolute Gasteiger partial charge is 0.205 e. The van der Waals surface area contributed by atoms with Crippen LogP contribution in [0.25, 0.3) is 0 Å². The highest BCUT2D eigenvalue weighted by Gasteiger charge is 2.07. The Bertz CT molecular complexity index is 281. The Labute approximate surface area is 77.4 Å². The molecule has 0 atom stereocenters. The minimum Gasteiger partial charge on any atom is -0.205 e. The van der Waals surface area contributed by atoms with E-state index in [1.54, 1.807) is 6.07 Å². The smallest absolute Gasteiger partial charge is 0.142 e. The van der Waals surface area contributed by atoms with E-state index >= 15 is 0 Å². The molecule has 0 aromatic heterocycles. The third-order valence-corrected chi connectivity index (χ3v) is 2.44. The predicted molar refractivity (Wildman–Crippen MR) is 50.2 cm³/mol.